The quantitative estimate of drug-likeness (QED) is 0.309. The van der Waals surface area contributed by atoms with Crippen LogP contribution in [0.2, 0.25) is 0 Å². The van der Waals surface area contributed by atoms with E-state index in [1.54, 1.807) is 54.4 Å². The van der Waals surface area contributed by atoms with Crippen molar-refractivity contribution in [1.82, 2.24) is 24.8 Å². The molecule has 3 heterocycles. The SMILES string of the molecule is Cn1cc(-c2cccc(NC(=O)c3ccc(C(C)(C)C)nc3)c2F)nc(Nc2ccc(C(=O)N3CCNCC3)cc2)c1=O. The molecule has 0 unspecified atom stereocenters. The van der Waals surface area contributed by atoms with Crippen molar-refractivity contribution in [2.45, 2.75) is 26.2 Å². The number of aryl methyl sites for hydroxylation is 1. The predicted octanol–water partition coefficient (Wildman–Crippen LogP) is 4.32. The lowest BCUT2D eigenvalue weighted by Crippen LogP contribution is -2.46. The van der Waals surface area contributed by atoms with Gasteiger partial charge in [-0.1, -0.05) is 26.8 Å². The van der Waals surface area contributed by atoms with Crippen molar-refractivity contribution >= 4 is 29.0 Å². The van der Waals surface area contributed by atoms with Gasteiger partial charge in [0.15, 0.2) is 11.6 Å². The van der Waals surface area contributed by atoms with Gasteiger partial charge in [-0.2, -0.15) is 0 Å². The Morgan fingerprint density at radius 3 is 2.33 bits per heavy atom. The highest BCUT2D eigenvalue weighted by Gasteiger charge is 2.20. The fourth-order valence-electron chi connectivity index (χ4n) is 4.69. The van der Waals surface area contributed by atoms with Gasteiger partial charge >= 0.3 is 0 Å². The van der Waals surface area contributed by atoms with Crippen LogP contribution in [0.3, 0.4) is 0 Å². The first-order valence-corrected chi connectivity index (χ1v) is 14.0. The summed E-state index contributed by atoms with van der Waals surface area (Å²) in [6.45, 7) is 8.89. The van der Waals surface area contributed by atoms with E-state index in [1.165, 1.54) is 29.1 Å². The van der Waals surface area contributed by atoms with Gasteiger partial charge in [-0.3, -0.25) is 19.4 Å². The number of amides is 2. The number of carbonyl (C=O) groups is 2. The van der Waals surface area contributed by atoms with Crippen LogP contribution in [-0.2, 0) is 12.5 Å². The maximum Gasteiger partial charge on any atom is 0.293 e. The van der Waals surface area contributed by atoms with Gasteiger partial charge in [0, 0.05) is 73.5 Å². The van der Waals surface area contributed by atoms with Crippen molar-refractivity contribution in [2.75, 3.05) is 36.8 Å². The Kier molecular flexibility index (Phi) is 8.36. The number of pyridine rings is 1. The number of anilines is 3. The minimum atomic E-state index is -0.692. The molecule has 0 atom stereocenters. The number of benzene rings is 2. The molecule has 0 aliphatic carbocycles. The Labute approximate surface area is 249 Å². The largest absolute Gasteiger partial charge is 0.336 e. The summed E-state index contributed by atoms with van der Waals surface area (Å²) in [5.74, 6) is -1.26. The minimum absolute atomic E-state index is 0.0139. The molecule has 10 nitrogen and oxygen atoms in total. The first-order chi connectivity index (χ1) is 20.5. The summed E-state index contributed by atoms with van der Waals surface area (Å²) >= 11 is 0. The summed E-state index contributed by atoms with van der Waals surface area (Å²) in [4.78, 5) is 49.1. The maximum absolute atomic E-state index is 15.7. The third-order valence-electron chi connectivity index (χ3n) is 7.19. The van der Waals surface area contributed by atoms with Crippen molar-refractivity contribution in [3.8, 4) is 11.3 Å². The average molecular weight is 584 g/mol. The van der Waals surface area contributed by atoms with Gasteiger partial charge in [0.25, 0.3) is 17.4 Å². The van der Waals surface area contributed by atoms with E-state index in [0.29, 0.717) is 29.9 Å². The van der Waals surface area contributed by atoms with Crippen LogP contribution in [0.4, 0.5) is 21.6 Å². The van der Waals surface area contributed by atoms with Gasteiger partial charge in [-0.15, -0.1) is 0 Å². The summed E-state index contributed by atoms with van der Waals surface area (Å²) in [7, 11) is 1.55. The van der Waals surface area contributed by atoms with Crippen LogP contribution in [0, 0.1) is 5.82 Å². The Morgan fingerprint density at radius 1 is 0.977 bits per heavy atom. The van der Waals surface area contributed by atoms with Crippen LogP contribution in [-0.4, -0.2) is 57.4 Å². The fourth-order valence-corrected chi connectivity index (χ4v) is 4.69. The van der Waals surface area contributed by atoms with E-state index in [0.717, 1.165) is 18.8 Å². The molecule has 5 rings (SSSR count). The molecule has 2 amide bonds. The van der Waals surface area contributed by atoms with Gasteiger partial charge in [0.1, 0.15) is 0 Å². The van der Waals surface area contributed by atoms with E-state index in [1.807, 2.05) is 20.8 Å². The zero-order valence-electron chi connectivity index (χ0n) is 24.6. The highest BCUT2D eigenvalue weighted by molar-refractivity contribution is 6.04. The second kappa shape index (κ2) is 12.1. The molecule has 1 aliphatic rings. The van der Waals surface area contributed by atoms with E-state index in [9.17, 15) is 14.4 Å². The van der Waals surface area contributed by atoms with Crippen molar-refractivity contribution in [3.05, 3.63) is 100.0 Å². The van der Waals surface area contributed by atoms with E-state index < -0.39 is 17.3 Å². The Morgan fingerprint density at radius 2 is 1.67 bits per heavy atom. The summed E-state index contributed by atoms with van der Waals surface area (Å²) in [6.07, 6.45) is 2.90. The predicted molar refractivity (Wildman–Crippen MR) is 164 cm³/mol. The number of hydrogen-bond acceptors (Lipinski definition) is 7. The average Bonchev–Trinajstić information content (AvgIpc) is 3.00. The monoisotopic (exact) mass is 583 g/mol. The lowest BCUT2D eigenvalue weighted by molar-refractivity contribution is 0.0735. The Balaban J connectivity index is 1.35. The third-order valence-corrected chi connectivity index (χ3v) is 7.19. The number of carbonyl (C=O) groups excluding carboxylic acids is 2. The van der Waals surface area contributed by atoms with Crippen LogP contribution in [0.25, 0.3) is 11.3 Å². The summed E-state index contributed by atoms with van der Waals surface area (Å²) in [5, 5.41) is 8.83. The molecule has 2 aromatic heterocycles. The molecule has 2 aromatic carbocycles. The summed E-state index contributed by atoms with van der Waals surface area (Å²) < 4.78 is 17.0. The van der Waals surface area contributed by atoms with Crippen molar-refractivity contribution in [3.63, 3.8) is 0 Å². The molecule has 11 heteroatoms. The molecule has 0 bridgehead atoms. The second-order valence-corrected chi connectivity index (χ2v) is 11.4. The molecule has 4 aromatic rings. The lowest BCUT2D eigenvalue weighted by atomic mass is 9.91. The van der Waals surface area contributed by atoms with Crippen molar-refractivity contribution in [2.24, 2.45) is 7.05 Å². The summed E-state index contributed by atoms with van der Waals surface area (Å²) in [5.41, 5.74) is 1.91. The number of halogens is 1. The number of piperazine rings is 1. The number of hydrogen-bond donors (Lipinski definition) is 3. The maximum atomic E-state index is 15.7. The van der Waals surface area contributed by atoms with Gasteiger partial charge in [0.2, 0.25) is 0 Å². The molecular weight excluding hydrogens is 549 g/mol. The molecule has 0 saturated carbocycles. The fraction of sp³-hybridized carbons (Fsp3) is 0.281. The van der Waals surface area contributed by atoms with Crippen LogP contribution < -0.4 is 21.5 Å². The number of nitrogens with one attached hydrogen (secondary N) is 3. The molecule has 222 valence electrons. The molecule has 1 saturated heterocycles. The van der Waals surface area contributed by atoms with Crippen molar-refractivity contribution < 1.29 is 14.0 Å². The lowest BCUT2D eigenvalue weighted by Gasteiger charge is -2.27. The van der Waals surface area contributed by atoms with Gasteiger partial charge in [-0.05, 0) is 48.5 Å². The molecule has 43 heavy (non-hydrogen) atoms. The standard InChI is InChI=1S/C32H34FN7O3/c1-32(2,3)26-13-10-21(18-35-26)29(41)38-24-7-5-6-23(27(24)33)25-19-39(4)31(43)28(37-25)36-22-11-8-20(9-12-22)30(42)40-16-14-34-15-17-40/h5-13,18-19,34H,14-17H2,1-4H3,(H,36,37)(H,38,41). The van der Waals surface area contributed by atoms with E-state index in [4.69, 9.17) is 0 Å². The van der Waals surface area contributed by atoms with Crippen LogP contribution in [0.5, 0.6) is 0 Å². The van der Waals surface area contributed by atoms with Gasteiger partial charge < -0.3 is 25.4 Å². The van der Waals surface area contributed by atoms with E-state index in [2.05, 4.69) is 25.9 Å². The highest BCUT2D eigenvalue weighted by atomic mass is 19.1. The Bertz CT molecular complexity index is 1710. The molecule has 0 spiro atoms. The van der Waals surface area contributed by atoms with Crippen LogP contribution in [0.15, 0.2) is 71.8 Å². The molecule has 0 radical (unpaired) electrons. The molecule has 1 aliphatic heterocycles. The van der Waals surface area contributed by atoms with Crippen LogP contribution in [0.1, 0.15) is 47.2 Å². The topological polar surface area (TPSA) is 121 Å². The number of rotatable bonds is 6. The minimum Gasteiger partial charge on any atom is -0.336 e. The molecular formula is C32H34FN7O3. The molecule has 3 N–H and O–H groups in total. The van der Waals surface area contributed by atoms with Crippen LogP contribution >= 0.6 is 0 Å². The number of nitrogens with zero attached hydrogens (tertiary/aromatic N) is 4. The zero-order valence-corrected chi connectivity index (χ0v) is 24.6. The zero-order chi connectivity index (χ0) is 30.7. The first kappa shape index (κ1) is 29.6. The first-order valence-electron chi connectivity index (χ1n) is 14.0. The van der Waals surface area contributed by atoms with Gasteiger partial charge in [-0.25, -0.2) is 9.37 Å². The smallest absolute Gasteiger partial charge is 0.293 e. The second-order valence-electron chi connectivity index (χ2n) is 11.4. The Hall–Kier alpha value is -4.90. The summed E-state index contributed by atoms with van der Waals surface area (Å²) in [6, 6.07) is 14.8. The van der Waals surface area contributed by atoms with Gasteiger partial charge in [0.05, 0.1) is 16.9 Å². The molecule has 1 fully saturated rings. The van der Waals surface area contributed by atoms with Crippen molar-refractivity contribution in [1.29, 1.82) is 0 Å². The third kappa shape index (κ3) is 6.62. The number of aromatic nitrogens is 3. The highest BCUT2D eigenvalue weighted by Crippen LogP contribution is 2.28. The van der Waals surface area contributed by atoms with E-state index in [-0.39, 0.29) is 34.1 Å². The normalized spacial score (nSPS) is 13.5. The van der Waals surface area contributed by atoms with E-state index >= 15 is 4.39 Å².